The minimum atomic E-state index is 0.131. The standard InChI is InChI=1S/C23H30N2O2/c1-16-5-4-6-21-20(16)12-13-22(21)24-23(27)14-9-18(25(2)3)15-17-7-10-19(26)11-8-17/h4-8,10-11,18,22,26H,9,12-15H2,1-3H3,(H,24,27)/t18-,22?/m1/s1. The molecule has 0 aromatic heterocycles. The van der Waals surface area contributed by atoms with Gasteiger partial charge >= 0.3 is 0 Å². The number of nitrogens with one attached hydrogen (secondary N) is 1. The number of aromatic hydroxyl groups is 1. The van der Waals surface area contributed by atoms with Gasteiger partial charge in [-0.1, -0.05) is 30.3 Å². The van der Waals surface area contributed by atoms with Crippen LogP contribution in [0, 0.1) is 6.92 Å². The van der Waals surface area contributed by atoms with E-state index in [4.69, 9.17) is 0 Å². The number of nitrogens with zero attached hydrogens (tertiary/aromatic N) is 1. The van der Waals surface area contributed by atoms with E-state index in [1.54, 1.807) is 12.1 Å². The van der Waals surface area contributed by atoms with Crippen LogP contribution in [0.2, 0.25) is 0 Å². The Morgan fingerprint density at radius 1 is 1.22 bits per heavy atom. The third-order valence-electron chi connectivity index (χ3n) is 5.68. The SMILES string of the molecule is Cc1cccc2c1CCC2NC(=O)CC[C@H](Cc1ccc(O)cc1)N(C)C. The Morgan fingerprint density at radius 2 is 1.96 bits per heavy atom. The summed E-state index contributed by atoms with van der Waals surface area (Å²) in [4.78, 5) is 14.7. The van der Waals surface area contributed by atoms with Crippen LogP contribution in [0.4, 0.5) is 0 Å². The van der Waals surface area contributed by atoms with Crippen LogP contribution in [0.1, 0.15) is 47.6 Å². The molecule has 0 aliphatic heterocycles. The zero-order chi connectivity index (χ0) is 19.4. The number of fused-ring (bicyclic) bond motifs is 1. The van der Waals surface area contributed by atoms with E-state index in [-0.39, 0.29) is 17.7 Å². The molecule has 27 heavy (non-hydrogen) atoms. The van der Waals surface area contributed by atoms with Gasteiger partial charge in [-0.3, -0.25) is 4.79 Å². The highest BCUT2D eigenvalue weighted by atomic mass is 16.3. The number of likely N-dealkylation sites (N-methyl/N-ethyl adjacent to an activating group) is 1. The number of carbonyl (C=O) groups is 1. The van der Waals surface area contributed by atoms with Crippen molar-refractivity contribution in [2.45, 2.75) is 51.1 Å². The Bertz CT molecular complexity index is 783. The van der Waals surface area contributed by atoms with Crippen molar-refractivity contribution < 1.29 is 9.90 Å². The Balaban J connectivity index is 1.54. The number of amides is 1. The summed E-state index contributed by atoms with van der Waals surface area (Å²) in [5.74, 6) is 0.415. The normalized spacial score (nSPS) is 17.0. The van der Waals surface area contributed by atoms with Crippen LogP contribution in [0.5, 0.6) is 5.75 Å². The van der Waals surface area contributed by atoms with E-state index in [1.165, 1.54) is 22.3 Å². The lowest BCUT2D eigenvalue weighted by molar-refractivity contribution is -0.122. The highest BCUT2D eigenvalue weighted by Crippen LogP contribution is 2.33. The molecule has 2 atom stereocenters. The second-order valence-corrected chi connectivity index (χ2v) is 7.83. The molecule has 4 heteroatoms. The van der Waals surface area contributed by atoms with Crippen molar-refractivity contribution in [2.24, 2.45) is 0 Å². The first-order valence-corrected chi connectivity index (χ1v) is 9.76. The van der Waals surface area contributed by atoms with Crippen molar-refractivity contribution in [2.75, 3.05) is 14.1 Å². The summed E-state index contributed by atoms with van der Waals surface area (Å²) in [7, 11) is 4.11. The molecule has 2 aromatic rings. The smallest absolute Gasteiger partial charge is 0.220 e. The first-order chi connectivity index (χ1) is 12.9. The van der Waals surface area contributed by atoms with Gasteiger partial charge in [0.05, 0.1) is 6.04 Å². The summed E-state index contributed by atoms with van der Waals surface area (Å²) in [6.45, 7) is 2.15. The van der Waals surface area contributed by atoms with Gasteiger partial charge in [0.1, 0.15) is 5.75 Å². The van der Waals surface area contributed by atoms with Crippen LogP contribution in [0.15, 0.2) is 42.5 Å². The fourth-order valence-electron chi connectivity index (χ4n) is 4.00. The molecule has 1 aliphatic carbocycles. The van der Waals surface area contributed by atoms with Gasteiger partial charge in [0.25, 0.3) is 0 Å². The van der Waals surface area contributed by atoms with Crippen LogP contribution in [0.25, 0.3) is 0 Å². The summed E-state index contributed by atoms with van der Waals surface area (Å²) < 4.78 is 0. The third-order valence-corrected chi connectivity index (χ3v) is 5.68. The van der Waals surface area contributed by atoms with E-state index in [0.29, 0.717) is 12.5 Å². The fourth-order valence-corrected chi connectivity index (χ4v) is 4.00. The van der Waals surface area contributed by atoms with Gasteiger partial charge in [-0.25, -0.2) is 0 Å². The van der Waals surface area contributed by atoms with E-state index in [1.807, 2.05) is 12.1 Å². The molecule has 4 nitrogen and oxygen atoms in total. The number of hydrogen-bond acceptors (Lipinski definition) is 3. The summed E-state index contributed by atoms with van der Waals surface area (Å²) in [5, 5.41) is 12.7. The van der Waals surface area contributed by atoms with Crippen LogP contribution in [-0.2, 0) is 17.6 Å². The lowest BCUT2D eigenvalue weighted by atomic mass is 10.00. The molecule has 1 amide bonds. The van der Waals surface area contributed by atoms with E-state index >= 15 is 0 Å². The molecule has 1 unspecified atom stereocenters. The molecule has 1 aliphatic rings. The molecule has 0 spiro atoms. The number of phenolic OH excluding ortho intramolecular Hbond substituents is 1. The molecular weight excluding hydrogens is 336 g/mol. The third kappa shape index (κ3) is 4.89. The van der Waals surface area contributed by atoms with Gasteiger partial charge in [-0.2, -0.15) is 0 Å². The quantitative estimate of drug-likeness (QED) is 0.784. The van der Waals surface area contributed by atoms with Crippen LogP contribution in [-0.4, -0.2) is 36.1 Å². The summed E-state index contributed by atoms with van der Waals surface area (Å²) in [5.41, 5.74) is 5.19. The second-order valence-electron chi connectivity index (χ2n) is 7.83. The predicted molar refractivity (Wildman–Crippen MR) is 109 cm³/mol. The molecule has 144 valence electrons. The van der Waals surface area contributed by atoms with Crippen molar-refractivity contribution in [1.29, 1.82) is 0 Å². The molecule has 0 fully saturated rings. The van der Waals surface area contributed by atoms with Crippen molar-refractivity contribution in [3.05, 3.63) is 64.7 Å². The van der Waals surface area contributed by atoms with Crippen LogP contribution in [0.3, 0.4) is 0 Å². The molecule has 0 heterocycles. The number of rotatable bonds is 7. The molecule has 3 rings (SSSR count). The summed E-state index contributed by atoms with van der Waals surface area (Å²) in [6.07, 6.45) is 4.25. The Labute approximate surface area is 162 Å². The maximum atomic E-state index is 12.6. The van der Waals surface area contributed by atoms with Gasteiger partial charge < -0.3 is 15.3 Å². The van der Waals surface area contributed by atoms with Gasteiger partial charge in [-0.05, 0) is 81.1 Å². The predicted octanol–water partition coefficient (Wildman–Crippen LogP) is 3.76. The molecule has 0 radical (unpaired) electrons. The van der Waals surface area contributed by atoms with Crippen molar-refractivity contribution in [3.8, 4) is 5.75 Å². The maximum Gasteiger partial charge on any atom is 0.220 e. The van der Waals surface area contributed by atoms with E-state index in [0.717, 1.165) is 25.7 Å². The fraction of sp³-hybridized carbons (Fsp3) is 0.435. The van der Waals surface area contributed by atoms with Gasteiger partial charge in [-0.15, -0.1) is 0 Å². The minimum absolute atomic E-state index is 0.131. The highest BCUT2D eigenvalue weighted by Gasteiger charge is 2.25. The van der Waals surface area contributed by atoms with Crippen LogP contribution >= 0.6 is 0 Å². The molecule has 0 saturated carbocycles. The maximum absolute atomic E-state index is 12.6. The van der Waals surface area contributed by atoms with E-state index < -0.39 is 0 Å². The van der Waals surface area contributed by atoms with Crippen LogP contribution < -0.4 is 5.32 Å². The van der Waals surface area contributed by atoms with Crippen molar-refractivity contribution in [1.82, 2.24) is 10.2 Å². The lowest BCUT2D eigenvalue weighted by Crippen LogP contribution is -2.33. The first kappa shape index (κ1) is 19.4. The average Bonchev–Trinajstić information content (AvgIpc) is 3.04. The number of benzene rings is 2. The summed E-state index contributed by atoms with van der Waals surface area (Å²) >= 11 is 0. The first-order valence-electron chi connectivity index (χ1n) is 9.76. The largest absolute Gasteiger partial charge is 0.508 e. The highest BCUT2D eigenvalue weighted by molar-refractivity contribution is 5.76. The van der Waals surface area contributed by atoms with Crippen molar-refractivity contribution in [3.63, 3.8) is 0 Å². The zero-order valence-corrected chi connectivity index (χ0v) is 16.5. The molecule has 2 N–H and O–H groups in total. The Morgan fingerprint density at radius 3 is 2.67 bits per heavy atom. The van der Waals surface area contributed by atoms with E-state index in [9.17, 15) is 9.90 Å². The number of aryl methyl sites for hydroxylation is 1. The monoisotopic (exact) mass is 366 g/mol. The van der Waals surface area contributed by atoms with Crippen molar-refractivity contribution >= 4 is 5.91 Å². The lowest BCUT2D eigenvalue weighted by Gasteiger charge is -2.25. The topological polar surface area (TPSA) is 52.6 Å². The number of phenols is 1. The minimum Gasteiger partial charge on any atom is -0.508 e. The van der Waals surface area contributed by atoms with Gasteiger partial charge in [0.15, 0.2) is 0 Å². The number of carbonyl (C=O) groups excluding carboxylic acids is 1. The van der Waals surface area contributed by atoms with E-state index in [2.05, 4.69) is 49.4 Å². The molecular formula is C23H30N2O2. The molecule has 0 saturated heterocycles. The van der Waals surface area contributed by atoms with Gasteiger partial charge in [0, 0.05) is 12.5 Å². The Hall–Kier alpha value is -2.33. The Kier molecular flexibility index (Phi) is 6.17. The summed E-state index contributed by atoms with van der Waals surface area (Å²) in [6, 6.07) is 14.1. The average molecular weight is 367 g/mol. The zero-order valence-electron chi connectivity index (χ0n) is 16.5. The molecule has 0 bridgehead atoms. The number of hydrogen-bond donors (Lipinski definition) is 2. The molecule has 2 aromatic carbocycles. The van der Waals surface area contributed by atoms with Gasteiger partial charge in [0.2, 0.25) is 5.91 Å². The second kappa shape index (κ2) is 8.57.